The van der Waals surface area contributed by atoms with Crippen LogP contribution in [0.4, 0.5) is 11.6 Å². The maximum absolute atomic E-state index is 5.41. The summed E-state index contributed by atoms with van der Waals surface area (Å²) in [6.45, 7) is 1.19. The van der Waals surface area contributed by atoms with E-state index in [0.29, 0.717) is 18.2 Å². The quantitative estimate of drug-likeness (QED) is 0.391. The Morgan fingerprint density at radius 1 is 1.14 bits per heavy atom. The van der Waals surface area contributed by atoms with Gasteiger partial charge in [-0.25, -0.2) is 15.8 Å². The Morgan fingerprint density at radius 3 is 2.62 bits per heavy atom. The fourth-order valence-electron chi connectivity index (χ4n) is 2.01. The van der Waals surface area contributed by atoms with Crippen LogP contribution in [0.5, 0.6) is 0 Å². The first-order valence-corrected chi connectivity index (χ1v) is 6.93. The van der Waals surface area contributed by atoms with Crippen molar-refractivity contribution in [3.63, 3.8) is 0 Å². The number of nitrogens with one attached hydrogen (secondary N) is 2. The maximum atomic E-state index is 5.41. The van der Waals surface area contributed by atoms with E-state index in [0.717, 1.165) is 25.2 Å². The molecule has 0 saturated heterocycles. The average Bonchev–Trinajstić information content (AvgIpc) is 2.53. The predicted octanol–water partition coefficient (Wildman–Crippen LogP) is 1.95. The minimum Gasteiger partial charge on any atom is -0.377 e. The number of hydrogen-bond donors (Lipinski definition) is 3. The van der Waals surface area contributed by atoms with Gasteiger partial charge in [-0.05, 0) is 18.4 Å². The Morgan fingerprint density at radius 2 is 1.90 bits per heavy atom. The molecule has 0 amide bonds. The molecule has 0 spiro atoms. The monoisotopic (exact) mass is 287 g/mol. The van der Waals surface area contributed by atoms with Crippen LogP contribution in [-0.4, -0.2) is 23.6 Å². The molecule has 0 fully saturated rings. The summed E-state index contributed by atoms with van der Waals surface area (Å²) in [4.78, 5) is 8.58. The zero-order chi connectivity index (χ0) is 14.9. The molecule has 6 heteroatoms. The zero-order valence-electron chi connectivity index (χ0n) is 12.2. The molecule has 21 heavy (non-hydrogen) atoms. The lowest BCUT2D eigenvalue weighted by atomic mass is 10.1. The van der Waals surface area contributed by atoms with Gasteiger partial charge in [0.25, 0.3) is 0 Å². The van der Waals surface area contributed by atoms with Crippen molar-refractivity contribution in [1.82, 2.24) is 9.97 Å². The minimum atomic E-state index is 0.355. The SMILES string of the molecule is COCc1nc(NN)cc(NCCCc2ccccc2)n1. The van der Waals surface area contributed by atoms with Gasteiger partial charge in [-0.3, -0.25) is 0 Å². The van der Waals surface area contributed by atoms with E-state index in [1.54, 1.807) is 13.2 Å². The van der Waals surface area contributed by atoms with Crippen molar-refractivity contribution in [2.24, 2.45) is 5.84 Å². The molecule has 0 bridgehead atoms. The maximum Gasteiger partial charge on any atom is 0.158 e. The molecule has 0 aliphatic carbocycles. The average molecular weight is 287 g/mol. The van der Waals surface area contributed by atoms with Crippen LogP contribution >= 0.6 is 0 Å². The van der Waals surface area contributed by atoms with E-state index in [9.17, 15) is 0 Å². The van der Waals surface area contributed by atoms with Gasteiger partial charge in [0.2, 0.25) is 0 Å². The highest BCUT2D eigenvalue weighted by atomic mass is 16.5. The van der Waals surface area contributed by atoms with Crippen LogP contribution in [0.1, 0.15) is 17.8 Å². The summed E-state index contributed by atoms with van der Waals surface area (Å²) in [6, 6.07) is 12.2. The van der Waals surface area contributed by atoms with Crippen LogP contribution in [0.15, 0.2) is 36.4 Å². The number of aromatic nitrogens is 2. The van der Waals surface area contributed by atoms with Crippen molar-refractivity contribution in [3.05, 3.63) is 47.8 Å². The molecule has 0 unspecified atom stereocenters. The van der Waals surface area contributed by atoms with E-state index in [-0.39, 0.29) is 0 Å². The Labute approximate surface area is 124 Å². The third kappa shape index (κ3) is 5.02. The number of rotatable bonds is 8. The van der Waals surface area contributed by atoms with Crippen LogP contribution in [-0.2, 0) is 17.8 Å². The normalized spacial score (nSPS) is 10.4. The van der Waals surface area contributed by atoms with Crippen molar-refractivity contribution < 1.29 is 4.74 Å². The molecule has 4 N–H and O–H groups in total. The van der Waals surface area contributed by atoms with E-state index in [2.05, 4.69) is 45.0 Å². The molecule has 1 aromatic heterocycles. The Bertz CT molecular complexity index is 547. The van der Waals surface area contributed by atoms with Crippen LogP contribution in [0.3, 0.4) is 0 Å². The molecule has 0 aliphatic rings. The van der Waals surface area contributed by atoms with Gasteiger partial charge in [0.1, 0.15) is 18.2 Å². The van der Waals surface area contributed by atoms with Crippen molar-refractivity contribution in [2.45, 2.75) is 19.4 Å². The van der Waals surface area contributed by atoms with Gasteiger partial charge in [-0.2, -0.15) is 0 Å². The smallest absolute Gasteiger partial charge is 0.158 e. The standard InChI is InChI=1S/C15H21N5O/c1-21-11-15-18-13(10-14(19-15)20-16)17-9-5-8-12-6-3-2-4-7-12/h2-4,6-7,10H,5,8-9,11,16H2,1H3,(H2,17,18,19,20). The first-order chi connectivity index (χ1) is 10.3. The topological polar surface area (TPSA) is 85.1 Å². The van der Waals surface area contributed by atoms with Crippen LogP contribution < -0.4 is 16.6 Å². The summed E-state index contributed by atoms with van der Waals surface area (Å²) < 4.78 is 5.04. The Balaban J connectivity index is 1.86. The fraction of sp³-hybridized carbons (Fsp3) is 0.333. The molecule has 0 radical (unpaired) electrons. The summed E-state index contributed by atoms with van der Waals surface area (Å²) in [5.41, 5.74) is 3.87. The summed E-state index contributed by atoms with van der Waals surface area (Å²) in [5, 5.41) is 3.29. The second-order valence-corrected chi connectivity index (χ2v) is 4.65. The van der Waals surface area contributed by atoms with E-state index >= 15 is 0 Å². The van der Waals surface area contributed by atoms with Gasteiger partial charge in [0, 0.05) is 19.7 Å². The number of ether oxygens (including phenoxy) is 1. The predicted molar refractivity (Wildman–Crippen MR) is 83.8 cm³/mol. The number of benzene rings is 1. The van der Waals surface area contributed by atoms with Gasteiger partial charge >= 0.3 is 0 Å². The third-order valence-electron chi connectivity index (χ3n) is 2.98. The van der Waals surface area contributed by atoms with Crippen molar-refractivity contribution in [2.75, 3.05) is 24.4 Å². The number of methoxy groups -OCH3 is 1. The first kappa shape index (κ1) is 15.2. The van der Waals surface area contributed by atoms with Gasteiger partial charge in [-0.1, -0.05) is 30.3 Å². The first-order valence-electron chi connectivity index (χ1n) is 6.93. The van der Waals surface area contributed by atoms with Crippen LogP contribution in [0, 0.1) is 0 Å². The molecule has 0 saturated carbocycles. The molecule has 0 aliphatic heterocycles. The summed E-state index contributed by atoms with van der Waals surface area (Å²) >= 11 is 0. The highest BCUT2D eigenvalue weighted by Crippen LogP contribution is 2.11. The largest absolute Gasteiger partial charge is 0.377 e. The lowest BCUT2D eigenvalue weighted by Gasteiger charge is -2.09. The van der Waals surface area contributed by atoms with Gasteiger partial charge in [-0.15, -0.1) is 0 Å². The summed E-state index contributed by atoms with van der Waals surface area (Å²) in [7, 11) is 1.61. The van der Waals surface area contributed by atoms with Crippen molar-refractivity contribution >= 4 is 11.6 Å². The number of nitrogens with zero attached hydrogens (tertiary/aromatic N) is 2. The third-order valence-corrected chi connectivity index (χ3v) is 2.98. The number of nitrogens with two attached hydrogens (primary N) is 1. The van der Waals surface area contributed by atoms with E-state index in [1.807, 2.05) is 6.07 Å². The summed E-state index contributed by atoms with van der Waals surface area (Å²) in [5.74, 6) is 7.32. The summed E-state index contributed by atoms with van der Waals surface area (Å²) in [6.07, 6.45) is 2.06. The lowest BCUT2D eigenvalue weighted by molar-refractivity contribution is 0.178. The van der Waals surface area contributed by atoms with Gasteiger partial charge in [0.05, 0.1) is 0 Å². The van der Waals surface area contributed by atoms with Crippen molar-refractivity contribution in [1.29, 1.82) is 0 Å². The molecule has 6 nitrogen and oxygen atoms in total. The molecule has 112 valence electrons. The van der Waals surface area contributed by atoms with E-state index in [4.69, 9.17) is 10.6 Å². The zero-order valence-corrected chi connectivity index (χ0v) is 12.2. The minimum absolute atomic E-state index is 0.355. The van der Waals surface area contributed by atoms with Gasteiger partial charge < -0.3 is 15.5 Å². The van der Waals surface area contributed by atoms with E-state index in [1.165, 1.54) is 5.56 Å². The molecule has 2 rings (SSSR count). The number of nitrogen functional groups attached to an aromatic ring is 1. The fourth-order valence-corrected chi connectivity index (χ4v) is 2.01. The number of anilines is 2. The lowest BCUT2D eigenvalue weighted by Crippen LogP contribution is -2.13. The second kappa shape index (κ2) is 8.18. The second-order valence-electron chi connectivity index (χ2n) is 4.65. The number of hydrazine groups is 1. The van der Waals surface area contributed by atoms with Crippen molar-refractivity contribution in [3.8, 4) is 0 Å². The number of hydrogen-bond acceptors (Lipinski definition) is 6. The highest BCUT2D eigenvalue weighted by Gasteiger charge is 2.03. The molecule has 2 aromatic rings. The highest BCUT2D eigenvalue weighted by molar-refractivity contribution is 5.46. The molecule has 0 atom stereocenters. The molecular formula is C15H21N5O. The molecule has 1 aromatic carbocycles. The molecule has 1 heterocycles. The molecular weight excluding hydrogens is 266 g/mol. The van der Waals surface area contributed by atoms with E-state index < -0.39 is 0 Å². The van der Waals surface area contributed by atoms with Crippen LogP contribution in [0.2, 0.25) is 0 Å². The Hall–Kier alpha value is -2.18. The van der Waals surface area contributed by atoms with Crippen LogP contribution in [0.25, 0.3) is 0 Å². The van der Waals surface area contributed by atoms with Gasteiger partial charge in [0.15, 0.2) is 5.82 Å². The Kier molecular flexibility index (Phi) is 5.93. The number of aryl methyl sites for hydroxylation is 1.